The molecule has 0 bridgehead atoms. The highest BCUT2D eigenvalue weighted by Gasteiger charge is 2.35. The number of halogens is 1. The summed E-state index contributed by atoms with van der Waals surface area (Å²) in [4.78, 5) is 0.282. The smallest absolute Gasteiger partial charge is 0.243 e. The van der Waals surface area contributed by atoms with E-state index in [1.807, 2.05) is 6.92 Å². The van der Waals surface area contributed by atoms with Gasteiger partial charge in [0, 0.05) is 23.7 Å². The number of hydrogen-bond acceptors (Lipinski definition) is 3. The molecule has 0 aliphatic carbocycles. The summed E-state index contributed by atoms with van der Waals surface area (Å²) in [6.45, 7) is 2.40. The monoisotopic (exact) mass is 302 g/mol. The van der Waals surface area contributed by atoms with E-state index in [9.17, 15) is 8.42 Å². The molecule has 0 radical (unpaired) electrons. The van der Waals surface area contributed by atoms with E-state index in [0.29, 0.717) is 11.6 Å². The van der Waals surface area contributed by atoms with Gasteiger partial charge in [-0.2, -0.15) is 4.31 Å². The van der Waals surface area contributed by atoms with Crippen LogP contribution in [0.3, 0.4) is 0 Å². The molecule has 2 unspecified atom stereocenters. The predicted molar refractivity (Wildman–Crippen MR) is 76.6 cm³/mol. The maximum Gasteiger partial charge on any atom is 0.243 e. The highest BCUT2D eigenvalue weighted by Crippen LogP contribution is 2.27. The van der Waals surface area contributed by atoms with Crippen LogP contribution in [0.2, 0.25) is 5.02 Å². The van der Waals surface area contributed by atoms with Gasteiger partial charge in [0.15, 0.2) is 0 Å². The Labute approximate surface area is 119 Å². The molecule has 0 saturated carbocycles. The van der Waals surface area contributed by atoms with E-state index >= 15 is 0 Å². The first-order chi connectivity index (χ1) is 8.93. The molecule has 1 saturated heterocycles. The molecule has 0 amide bonds. The van der Waals surface area contributed by atoms with Gasteiger partial charge in [0.1, 0.15) is 0 Å². The average Bonchev–Trinajstić information content (AvgIpc) is 2.39. The Kier molecular flexibility index (Phi) is 4.50. The van der Waals surface area contributed by atoms with Crippen LogP contribution < -0.4 is 5.73 Å². The molecule has 2 N–H and O–H groups in total. The van der Waals surface area contributed by atoms with Gasteiger partial charge in [-0.05, 0) is 44.0 Å². The first-order valence-electron chi connectivity index (χ1n) is 6.46. The highest BCUT2D eigenvalue weighted by atomic mass is 35.5. The summed E-state index contributed by atoms with van der Waals surface area (Å²) < 4.78 is 26.8. The van der Waals surface area contributed by atoms with Crippen molar-refractivity contribution in [1.29, 1.82) is 0 Å². The van der Waals surface area contributed by atoms with Crippen molar-refractivity contribution in [3.8, 4) is 0 Å². The zero-order valence-electron chi connectivity index (χ0n) is 10.9. The number of rotatable bonds is 3. The topological polar surface area (TPSA) is 63.4 Å². The Morgan fingerprint density at radius 1 is 1.32 bits per heavy atom. The van der Waals surface area contributed by atoms with Crippen LogP contribution in [0.1, 0.15) is 26.2 Å². The minimum absolute atomic E-state index is 0.116. The van der Waals surface area contributed by atoms with Crippen LogP contribution in [0.25, 0.3) is 0 Å². The number of hydrogen-bond donors (Lipinski definition) is 1. The molecule has 0 spiro atoms. The van der Waals surface area contributed by atoms with Crippen molar-refractivity contribution in [2.45, 2.75) is 43.2 Å². The lowest BCUT2D eigenvalue weighted by molar-refractivity contribution is 0.227. The maximum atomic E-state index is 12.6. The molecule has 4 nitrogen and oxygen atoms in total. The second kappa shape index (κ2) is 5.79. The van der Waals surface area contributed by atoms with E-state index < -0.39 is 10.0 Å². The van der Waals surface area contributed by atoms with E-state index in [-0.39, 0.29) is 17.0 Å². The summed E-state index contributed by atoms with van der Waals surface area (Å²) in [7, 11) is -3.48. The van der Waals surface area contributed by atoms with Crippen LogP contribution in [0.15, 0.2) is 29.2 Å². The highest BCUT2D eigenvalue weighted by molar-refractivity contribution is 7.89. The molecule has 1 fully saturated rings. The third-order valence-corrected chi connectivity index (χ3v) is 5.72. The second-order valence-corrected chi connectivity index (χ2v) is 7.32. The Hall–Kier alpha value is -0.620. The number of nitrogens with zero attached hydrogens (tertiary/aromatic N) is 1. The van der Waals surface area contributed by atoms with Gasteiger partial charge >= 0.3 is 0 Å². The van der Waals surface area contributed by atoms with Crippen molar-refractivity contribution in [1.82, 2.24) is 4.31 Å². The number of piperidine rings is 1. The Balaban J connectivity index is 2.34. The van der Waals surface area contributed by atoms with Crippen LogP contribution in [-0.2, 0) is 10.0 Å². The predicted octanol–water partition coefficient (Wildman–Crippen LogP) is 2.23. The molecular formula is C13H19ClN2O2S. The lowest BCUT2D eigenvalue weighted by Crippen LogP contribution is -2.51. The average molecular weight is 303 g/mol. The van der Waals surface area contributed by atoms with Crippen LogP contribution in [0, 0.1) is 0 Å². The van der Waals surface area contributed by atoms with Crippen molar-refractivity contribution in [2.24, 2.45) is 5.73 Å². The largest absolute Gasteiger partial charge is 0.326 e. The molecule has 106 valence electrons. The quantitative estimate of drug-likeness (QED) is 0.931. The van der Waals surface area contributed by atoms with Crippen LogP contribution in [0.5, 0.6) is 0 Å². The lowest BCUT2D eigenvalue weighted by atomic mass is 10.00. The molecular weight excluding hydrogens is 284 g/mol. The summed E-state index contributed by atoms with van der Waals surface area (Å²) in [5, 5.41) is 0.529. The van der Waals surface area contributed by atoms with Gasteiger partial charge < -0.3 is 5.73 Å². The van der Waals surface area contributed by atoms with Crippen molar-refractivity contribution < 1.29 is 8.42 Å². The Bertz CT molecular complexity index is 528. The Morgan fingerprint density at radius 3 is 2.53 bits per heavy atom. The SMILES string of the molecule is CC(N)C1CCCCN1S(=O)(=O)c1ccc(Cl)cc1. The number of sulfonamides is 1. The van der Waals surface area contributed by atoms with Crippen molar-refractivity contribution >= 4 is 21.6 Å². The molecule has 1 aliphatic heterocycles. The van der Waals surface area contributed by atoms with Crippen molar-refractivity contribution in [3.05, 3.63) is 29.3 Å². The molecule has 1 heterocycles. The standard InChI is InChI=1S/C13H19ClN2O2S/c1-10(15)13-4-2-3-9-16(13)19(17,18)12-7-5-11(14)6-8-12/h5-8,10,13H,2-4,9,15H2,1H3. The fourth-order valence-corrected chi connectivity index (χ4v) is 4.40. The molecule has 1 aromatic rings. The van der Waals surface area contributed by atoms with E-state index in [1.54, 1.807) is 28.6 Å². The van der Waals surface area contributed by atoms with Gasteiger partial charge in [0.2, 0.25) is 10.0 Å². The summed E-state index contributed by atoms with van der Waals surface area (Å²) in [6.07, 6.45) is 2.74. The van der Waals surface area contributed by atoms with E-state index in [2.05, 4.69) is 0 Å². The van der Waals surface area contributed by atoms with Crippen LogP contribution in [0.4, 0.5) is 0 Å². The van der Waals surface area contributed by atoms with Crippen molar-refractivity contribution in [2.75, 3.05) is 6.54 Å². The number of benzene rings is 1. The van der Waals surface area contributed by atoms with Gasteiger partial charge in [-0.1, -0.05) is 18.0 Å². The third-order valence-electron chi connectivity index (χ3n) is 3.53. The van der Waals surface area contributed by atoms with Crippen LogP contribution in [-0.4, -0.2) is 31.4 Å². The first kappa shape index (κ1) is 14.8. The number of nitrogens with two attached hydrogens (primary N) is 1. The zero-order valence-corrected chi connectivity index (χ0v) is 12.5. The third kappa shape index (κ3) is 3.11. The summed E-state index contributed by atoms with van der Waals surface area (Å²) in [5.74, 6) is 0. The molecule has 1 aromatic carbocycles. The minimum Gasteiger partial charge on any atom is -0.326 e. The van der Waals surface area contributed by atoms with Gasteiger partial charge in [-0.25, -0.2) is 8.42 Å². The minimum atomic E-state index is -3.48. The first-order valence-corrected chi connectivity index (χ1v) is 8.28. The fraction of sp³-hybridized carbons (Fsp3) is 0.538. The summed E-state index contributed by atoms with van der Waals surface area (Å²) in [6, 6.07) is 6.00. The molecule has 2 rings (SSSR count). The van der Waals surface area contributed by atoms with Gasteiger partial charge in [0.05, 0.1) is 4.90 Å². The van der Waals surface area contributed by atoms with Gasteiger partial charge in [-0.15, -0.1) is 0 Å². The second-order valence-electron chi connectivity index (χ2n) is 4.99. The van der Waals surface area contributed by atoms with Crippen molar-refractivity contribution in [3.63, 3.8) is 0 Å². The van der Waals surface area contributed by atoms with Gasteiger partial charge in [0.25, 0.3) is 0 Å². The molecule has 0 aromatic heterocycles. The maximum absolute atomic E-state index is 12.6. The van der Waals surface area contributed by atoms with Crippen LogP contribution >= 0.6 is 11.6 Å². The fourth-order valence-electron chi connectivity index (χ4n) is 2.50. The Morgan fingerprint density at radius 2 is 1.95 bits per heavy atom. The summed E-state index contributed by atoms with van der Waals surface area (Å²) >= 11 is 5.80. The molecule has 2 atom stereocenters. The van der Waals surface area contributed by atoms with E-state index in [0.717, 1.165) is 19.3 Å². The molecule has 6 heteroatoms. The molecule has 19 heavy (non-hydrogen) atoms. The van der Waals surface area contributed by atoms with Gasteiger partial charge in [-0.3, -0.25) is 0 Å². The van der Waals surface area contributed by atoms with E-state index in [1.165, 1.54) is 0 Å². The lowest BCUT2D eigenvalue weighted by Gasteiger charge is -2.36. The zero-order chi connectivity index (χ0) is 14.0. The van der Waals surface area contributed by atoms with E-state index in [4.69, 9.17) is 17.3 Å². The summed E-state index contributed by atoms with van der Waals surface area (Å²) in [5.41, 5.74) is 5.93. The normalized spacial score (nSPS) is 23.2. The molecule has 1 aliphatic rings.